The number of hydrogen-bond acceptors (Lipinski definition) is 5. The fourth-order valence-corrected chi connectivity index (χ4v) is 4.14. The molecule has 0 bridgehead atoms. The van der Waals surface area contributed by atoms with E-state index in [9.17, 15) is 4.79 Å². The molecular weight excluding hydrogens is 384 g/mol. The highest BCUT2D eigenvalue weighted by Gasteiger charge is 2.19. The van der Waals surface area contributed by atoms with Crippen molar-refractivity contribution in [3.63, 3.8) is 0 Å². The number of carbonyl (C=O) groups excluding carboxylic acids is 1. The molecule has 1 aliphatic rings. The second-order valence-electron chi connectivity index (χ2n) is 7.07. The van der Waals surface area contributed by atoms with Crippen LogP contribution in [0.1, 0.15) is 18.4 Å². The van der Waals surface area contributed by atoms with Crippen molar-refractivity contribution in [1.29, 1.82) is 0 Å². The molecule has 1 atom stereocenters. The van der Waals surface area contributed by atoms with Crippen molar-refractivity contribution in [1.82, 2.24) is 20.1 Å². The lowest BCUT2D eigenvalue weighted by atomic mass is 10.1. The largest absolute Gasteiger partial charge is 0.376 e. The van der Waals surface area contributed by atoms with Gasteiger partial charge in [0.15, 0.2) is 11.0 Å². The van der Waals surface area contributed by atoms with Gasteiger partial charge in [0.1, 0.15) is 0 Å². The number of benzene rings is 2. The van der Waals surface area contributed by atoms with Crippen LogP contribution in [0.15, 0.2) is 59.8 Å². The normalized spacial score (nSPS) is 16.1. The van der Waals surface area contributed by atoms with Crippen molar-refractivity contribution < 1.29 is 9.53 Å². The molecule has 1 aromatic heterocycles. The van der Waals surface area contributed by atoms with Gasteiger partial charge in [0.2, 0.25) is 5.91 Å². The number of ether oxygens (including phenoxy) is 1. The minimum atomic E-state index is -0.0229. The smallest absolute Gasteiger partial charge is 0.230 e. The molecule has 1 amide bonds. The van der Waals surface area contributed by atoms with Gasteiger partial charge in [-0.2, -0.15) is 0 Å². The first kappa shape index (κ1) is 19.7. The number of rotatable bonds is 7. The Morgan fingerprint density at radius 1 is 1.21 bits per heavy atom. The standard InChI is InChI=1S/C22H24N4O2S/c1-16-7-5-8-17(13-16)21-24-25-22(26(21)18-9-3-2-4-10-18)29-15-20(27)23-14-19-11-6-12-28-19/h2-5,7-10,13,19H,6,11-12,14-15H2,1H3,(H,23,27). The third-order valence-electron chi connectivity index (χ3n) is 4.81. The molecule has 2 aromatic carbocycles. The molecule has 1 fully saturated rings. The molecule has 2 heterocycles. The van der Waals surface area contributed by atoms with Gasteiger partial charge in [-0.15, -0.1) is 10.2 Å². The van der Waals surface area contributed by atoms with Crippen molar-refractivity contribution >= 4 is 17.7 Å². The van der Waals surface area contributed by atoms with Crippen LogP contribution in [0.2, 0.25) is 0 Å². The Bertz CT molecular complexity index is 968. The molecule has 7 heteroatoms. The molecule has 1 unspecified atom stereocenters. The number of hydrogen-bond donors (Lipinski definition) is 1. The van der Waals surface area contributed by atoms with E-state index in [1.54, 1.807) is 0 Å². The molecule has 0 saturated carbocycles. The van der Waals surface area contributed by atoms with Gasteiger partial charge in [0, 0.05) is 24.4 Å². The molecule has 0 radical (unpaired) electrons. The molecular formula is C22H24N4O2S. The van der Waals surface area contributed by atoms with E-state index in [1.165, 1.54) is 11.8 Å². The molecule has 29 heavy (non-hydrogen) atoms. The monoisotopic (exact) mass is 408 g/mol. The molecule has 6 nitrogen and oxygen atoms in total. The summed E-state index contributed by atoms with van der Waals surface area (Å²) in [6.45, 7) is 3.41. The van der Waals surface area contributed by atoms with Gasteiger partial charge >= 0.3 is 0 Å². The second kappa shape index (κ2) is 9.24. The van der Waals surface area contributed by atoms with Crippen molar-refractivity contribution in [2.24, 2.45) is 0 Å². The van der Waals surface area contributed by atoms with Gasteiger partial charge in [-0.1, -0.05) is 53.7 Å². The topological polar surface area (TPSA) is 69.0 Å². The van der Waals surface area contributed by atoms with E-state index >= 15 is 0 Å². The van der Waals surface area contributed by atoms with Gasteiger partial charge in [-0.05, 0) is 38.0 Å². The van der Waals surface area contributed by atoms with Gasteiger partial charge in [0.05, 0.1) is 11.9 Å². The van der Waals surface area contributed by atoms with Gasteiger partial charge < -0.3 is 10.1 Å². The number of aromatic nitrogens is 3. The summed E-state index contributed by atoms with van der Waals surface area (Å²) in [5.74, 6) is 1.03. The lowest BCUT2D eigenvalue weighted by molar-refractivity contribution is -0.119. The molecule has 3 aromatic rings. The summed E-state index contributed by atoms with van der Waals surface area (Å²) in [4.78, 5) is 12.3. The first-order valence-corrected chi connectivity index (χ1v) is 10.8. The van der Waals surface area contributed by atoms with Crippen molar-refractivity contribution in [2.75, 3.05) is 18.9 Å². The van der Waals surface area contributed by atoms with E-state index in [1.807, 2.05) is 47.0 Å². The number of amides is 1. The summed E-state index contributed by atoms with van der Waals surface area (Å²) in [6.07, 6.45) is 2.22. The number of thioether (sulfide) groups is 1. The van der Waals surface area contributed by atoms with E-state index in [0.717, 1.165) is 42.1 Å². The Morgan fingerprint density at radius 2 is 2.07 bits per heavy atom. The molecule has 4 rings (SSSR count). The van der Waals surface area contributed by atoms with E-state index < -0.39 is 0 Å². The number of aryl methyl sites for hydroxylation is 1. The van der Waals surface area contributed by atoms with Crippen molar-refractivity contribution in [2.45, 2.75) is 31.0 Å². The van der Waals surface area contributed by atoms with E-state index in [0.29, 0.717) is 11.7 Å². The number of nitrogens with one attached hydrogen (secondary N) is 1. The highest BCUT2D eigenvalue weighted by Crippen LogP contribution is 2.28. The summed E-state index contributed by atoms with van der Waals surface area (Å²) in [5, 5.41) is 12.5. The number of nitrogens with zero attached hydrogens (tertiary/aromatic N) is 3. The van der Waals surface area contributed by atoms with Crippen LogP contribution in [-0.2, 0) is 9.53 Å². The Kier molecular flexibility index (Phi) is 6.27. The third kappa shape index (κ3) is 4.86. The predicted molar refractivity (Wildman–Crippen MR) is 114 cm³/mol. The van der Waals surface area contributed by atoms with Crippen LogP contribution in [0.5, 0.6) is 0 Å². The van der Waals surface area contributed by atoms with Crippen LogP contribution in [0.25, 0.3) is 17.1 Å². The number of carbonyl (C=O) groups is 1. The van der Waals surface area contributed by atoms with Gasteiger partial charge in [0.25, 0.3) is 0 Å². The zero-order valence-electron chi connectivity index (χ0n) is 16.4. The zero-order valence-corrected chi connectivity index (χ0v) is 17.2. The van der Waals surface area contributed by atoms with Crippen LogP contribution in [-0.4, -0.2) is 45.7 Å². The number of para-hydroxylation sites is 1. The van der Waals surface area contributed by atoms with Gasteiger partial charge in [-0.25, -0.2) is 0 Å². The van der Waals surface area contributed by atoms with Crippen LogP contribution >= 0.6 is 11.8 Å². The average molecular weight is 409 g/mol. The molecule has 1 N–H and O–H groups in total. The minimum Gasteiger partial charge on any atom is -0.376 e. The van der Waals surface area contributed by atoms with Crippen LogP contribution in [0, 0.1) is 6.92 Å². The lowest BCUT2D eigenvalue weighted by Crippen LogP contribution is -2.32. The summed E-state index contributed by atoms with van der Waals surface area (Å²) in [6, 6.07) is 18.2. The third-order valence-corrected chi connectivity index (χ3v) is 5.74. The quantitative estimate of drug-likeness (QED) is 0.605. The van der Waals surface area contributed by atoms with Gasteiger partial charge in [-0.3, -0.25) is 9.36 Å². The van der Waals surface area contributed by atoms with E-state index in [4.69, 9.17) is 4.74 Å². The van der Waals surface area contributed by atoms with Crippen molar-refractivity contribution in [3.8, 4) is 17.1 Å². The Balaban J connectivity index is 1.53. The zero-order chi connectivity index (χ0) is 20.1. The molecule has 0 aliphatic carbocycles. The maximum absolute atomic E-state index is 12.3. The fraction of sp³-hybridized carbons (Fsp3) is 0.318. The molecule has 0 spiro atoms. The summed E-state index contributed by atoms with van der Waals surface area (Å²) in [7, 11) is 0. The van der Waals surface area contributed by atoms with E-state index in [-0.39, 0.29) is 17.8 Å². The first-order chi connectivity index (χ1) is 14.2. The Labute approximate surface area is 174 Å². The predicted octanol–water partition coefficient (Wildman–Crippen LogP) is 3.63. The summed E-state index contributed by atoms with van der Waals surface area (Å²) >= 11 is 1.39. The SMILES string of the molecule is Cc1cccc(-c2nnc(SCC(=O)NCC3CCCO3)n2-c2ccccc2)c1. The lowest BCUT2D eigenvalue weighted by Gasteiger charge is -2.12. The Hall–Kier alpha value is -2.64. The molecule has 1 aliphatic heterocycles. The van der Waals surface area contributed by atoms with Crippen LogP contribution in [0.3, 0.4) is 0 Å². The molecule has 1 saturated heterocycles. The highest BCUT2D eigenvalue weighted by molar-refractivity contribution is 7.99. The first-order valence-electron chi connectivity index (χ1n) is 9.79. The summed E-state index contributed by atoms with van der Waals surface area (Å²) < 4.78 is 7.56. The summed E-state index contributed by atoms with van der Waals surface area (Å²) in [5.41, 5.74) is 3.13. The molecule has 150 valence electrons. The average Bonchev–Trinajstić information content (AvgIpc) is 3.41. The Morgan fingerprint density at radius 3 is 2.83 bits per heavy atom. The maximum Gasteiger partial charge on any atom is 0.230 e. The van der Waals surface area contributed by atoms with E-state index in [2.05, 4.69) is 34.6 Å². The second-order valence-corrected chi connectivity index (χ2v) is 8.02. The van der Waals surface area contributed by atoms with Crippen LogP contribution in [0.4, 0.5) is 0 Å². The highest BCUT2D eigenvalue weighted by atomic mass is 32.2. The fourth-order valence-electron chi connectivity index (χ4n) is 3.36. The minimum absolute atomic E-state index is 0.0229. The van der Waals surface area contributed by atoms with Crippen molar-refractivity contribution in [3.05, 3.63) is 60.2 Å². The maximum atomic E-state index is 12.3. The van der Waals surface area contributed by atoms with Crippen LogP contribution < -0.4 is 5.32 Å².